The molecule has 316 valence electrons. The van der Waals surface area contributed by atoms with Gasteiger partial charge in [0.05, 0.1) is 19.3 Å². The Bertz CT molecular complexity index is 1900. The predicted molar refractivity (Wildman–Crippen MR) is 214 cm³/mol. The summed E-state index contributed by atoms with van der Waals surface area (Å²) in [6, 6.07) is 13.5. The molecule has 0 spiro atoms. The highest BCUT2D eigenvalue weighted by Crippen LogP contribution is 2.23. The van der Waals surface area contributed by atoms with Gasteiger partial charge in [-0.15, -0.1) is 0 Å². The number of hydrogen-bond acceptors (Lipinski definition) is 11. The van der Waals surface area contributed by atoms with Crippen LogP contribution < -0.4 is 22.1 Å². The highest BCUT2D eigenvalue weighted by molar-refractivity contribution is 7.79. The van der Waals surface area contributed by atoms with Crippen molar-refractivity contribution in [3.63, 3.8) is 0 Å². The summed E-state index contributed by atoms with van der Waals surface area (Å²) in [4.78, 5) is 49.7. The SMILES string of the molecule is CCOC(=O)[C@@H](Cc1cn(C)c2ccccc12)NC(=O)[C@@H](N)CC(C)C.CCOC(=O)[C@@H](Cc1cn(C)c2ccccc12)NC(=O)[C@@H]([NH3+])CC(C)C.O=S(=O)([O-])[O-]. The highest BCUT2D eigenvalue weighted by Gasteiger charge is 2.29. The molecule has 0 radical (unpaired) electrons. The maximum Gasteiger partial charge on any atom is 0.328 e. The minimum Gasteiger partial charge on any atom is -0.759 e. The maximum atomic E-state index is 12.5. The summed E-state index contributed by atoms with van der Waals surface area (Å²) in [5, 5.41) is 7.76. The van der Waals surface area contributed by atoms with Gasteiger partial charge in [0.25, 0.3) is 5.91 Å². The summed E-state index contributed by atoms with van der Waals surface area (Å²) < 4.78 is 48.5. The van der Waals surface area contributed by atoms with Crippen LogP contribution in [0.3, 0.4) is 0 Å². The summed E-state index contributed by atoms with van der Waals surface area (Å²) in [6.07, 6.45) is 5.97. The molecule has 4 atom stereocenters. The van der Waals surface area contributed by atoms with Crippen LogP contribution >= 0.6 is 0 Å². The molecule has 57 heavy (non-hydrogen) atoms. The van der Waals surface area contributed by atoms with Crippen molar-refractivity contribution in [3.8, 4) is 0 Å². The van der Waals surface area contributed by atoms with Crippen LogP contribution in [0.5, 0.6) is 0 Å². The Morgan fingerprint density at radius 1 is 0.719 bits per heavy atom. The molecule has 0 saturated carbocycles. The summed E-state index contributed by atoms with van der Waals surface area (Å²) in [6.45, 7) is 12.2. The van der Waals surface area contributed by atoms with Gasteiger partial charge in [-0.25, -0.2) is 9.59 Å². The third-order valence-electron chi connectivity index (χ3n) is 8.77. The zero-order valence-corrected chi connectivity index (χ0v) is 35.0. The number of nitrogens with one attached hydrogen (secondary N) is 2. The van der Waals surface area contributed by atoms with Crippen molar-refractivity contribution in [1.82, 2.24) is 19.8 Å². The number of aryl methyl sites for hydroxylation is 2. The van der Waals surface area contributed by atoms with E-state index in [2.05, 4.69) is 16.4 Å². The van der Waals surface area contributed by atoms with Crippen molar-refractivity contribution < 1.29 is 51.9 Å². The van der Waals surface area contributed by atoms with Crippen molar-refractivity contribution in [3.05, 3.63) is 72.1 Å². The molecular weight excluding hydrogens is 757 g/mol. The van der Waals surface area contributed by atoms with E-state index in [1.165, 1.54) is 0 Å². The normalized spacial score (nSPS) is 13.4. The minimum atomic E-state index is -5.17. The Morgan fingerprint density at radius 2 is 1.09 bits per heavy atom. The Hall–Kier alpha value is -4.81. The molecule has 4 rings (SSSR count). The number of carbonyl (C=O) groups excluding carboxylic acids is 4. The Balaban J connectivity index is 0.000000352. The van der Waals surface area contributed by atoms with E-state index in [-0.39, 0.29) is 31.1 Å². The number of amides is 2. The van der Waals surface area contributed by atoms with E-state index in [1.54, 1.807) is 13.8 Å². The monoisotopic (exact) mass is 815 g/mol. The first kappa shape index (κ1) is 48.3. The number of carbonyl (C=O) groups is 4. The second-order valence-corrected chi connectivity index (χ2v) is 15.4. The molecule has 4 aromatic rings. The number of nitrogens with zero attached hydrogens (tertiary/aromatic N) is 2. The molecule has 0 aliphatic heterocycles. The molecular formula is C40H59N6O10S-. The molecule has 2 aromatic carbocycles. The number of quaternary nitrogens is 1. The predicted octanol–water partition coefficient (Wildman–Crippen LogP) is 2.23. The Morgan fingerprint density at radius 3 is 1.46 bits per heavy atom. The van der Waals surface area contributed by atoms with Crippen LogP contribution in [0.25, 0.3) is 21.8 Å². The van der Waals surface area contributed by atoms with Crippen LogP contribution in [0.15, 0.2) is 60.9 Å². The van der Waals surface area contributed by atoms with Crippen molar-refractivity contribution in [2.45, 2.75) is 91.4 Å². The van der Waals surface area contributed by atoms with E-state index in [0.717, 1.165) is 32.9 Å². The minimum absolute atomic E-state index is 0.211. The van der Waals surface area contributed by atoms with Gasteiger partial charge in [-0.3, -0.25) is 18.0 Å². The number of fused-ring (bicyclic) bond motifs is 2. The third-order valence-corrected chi connectivity index (χ3v) is 8.77. The van der Waals surface area contributed by atoms with Crippen molar-refractivity contribution in [2.75, 3.05) is 13.2 Å². The molecule has 0 aliphatic rings. The maximum absolute atomic E-state index is 12.5. The Labute approximate surface area is 335 Å². The topological polar surface area (TPSA) is 255 Å². The second kappa shape index (κ2) is 22.8. The van der Waals surface area contributed by atoms with E-state index in [4.69, 9.17) is 32.7 Å². The summed E-state index contributed by atoms with van der Waals surface area (Å²) >= 11 is 0. The highest BCUT2D eigenvalue weighted by atomic mass is 32.3. The number of rotatable bonds is 16. The summed E-state index contributed by atoms with van der Waals surface area (Å²) in [5.41, 5.74) is 14.0. The van der Waals surface area contributed by atoms with Gasteiger partial charge in [-0.1, -0.05) is 64.1 Å². The van der Waals surface area contributed by atoms with Gasteiger partial charge >= 0.3 is 11.9 Å². The van der Waals surface area contributed by atoms with Crippen LogP contribution in [0, 0.1) is 11.8 Å². The van der Waals surface area contributed by atoms with Gasteiger partial charge in [0.1, 0.15) is 12.1 Å². The molecule has 17 heteroatoms. The zero-order chi connectivity index (χ0) is 43.0. The van der Waals surface area contributed by atoms with Crippen LogP contribution in [0.4, 0.5) is 0 Å². The number of aromatic nitrogens is 2. The molecule has 0 bridgehead atoms. The molecule has 0 fully saturated rings. The average molecular weight is 816 g/mol. The van der Waals surface area contributed by atoms with Crippen molar-refractivity contribution >= 4 is 56.0 Å². The van der Waals surface area contributed by atoms with E-state index < -0.39 is 40.5 Å². The van der Waals surface area contributed by atoms with Crippen LogP contribution in [0.1, 0.15) is 65.5 Å². The smallest absolute Gasteiger partial charge is 0.328 e. The number of ether oxygens (including phenoxy) is 2. The number of benzene rings is 2. The number of nitrogens with two attached hydrogens (primary N) is 1. The molecule has 0 aliphatic carbocycles. The van der Waals surface area contributed by atoms with Gasteiger partial charge in [-0.05, 0) is 55.4 Å². The lowest BCUT2D eigenvalue weighted by Gasteiger charge is -2.20. The first-order valence-corrected chi connectivity index (χ1v) is 20.2. The number of para-hydroxylation sites is 2. The third kappa shape index (κ3) is 16.3. The fourth-order valence-corrected chi connectivity index (χ4v) is 6.35. The fraction of sp³-hybridized carbons (Fsp3) is 0.500. The quantitative estimate of drug-likeness (QED) is 0.0725. The van der Waals surface area contributed by atoms with Gasteiger partial charge in [0.2, 0.25) is 5.91 Å². The van der Waals surface area contributed by atoms with E-state index >= 15 is 0 Å². The standard InChI is InChI=1S/2C20H29N3O3.H2O4S/c2*1-5-26-20(25)17(22-19(24)16(21)10-13(2)3)11-14-12-23(4)18-9-7-6-8-15(14)18;1-5(2,3)4/h2*6-9,12-13,16-17H,5,10-11,21H2,1-4H3,(H,22,24);(H2,1,2,3,4)/p-1/t2*16-,17+;/m00./s1. The lowest BCUT2D eigenvalue weighted by molar-refractivity contribution is -0.406. The number of hydrogen-bond donors (Lipinski definition) is 4. The van der Waals surface area contributed by atoms with Gasteiger partial charge in [0.15, 0.2) is 6.04 Å². The van der Waals surface area contributed by atoms with Gasteiger partial charge in [0, 0.05) is 78.0 Å². The molecule has 2 amide bonds. The fourth-order valence-electron chi connectivity index (χ4n) is 6.35. The molecule has 7 N–H and O–H groups in total. The molecule has 0 saturated heterocycles. The number of esters is 2. The molecule has 2 heterocycles. The van der Waals surface area contributed by atoms with E-state index in [0.29, 0.717) is 37.5 Å². The van der Waals surface area contributed by atoms with Gasteiger partial charge < -0.3 is 49.8 Å². The summed E-state index contributed by atoms with van der Waals surface area (Å²) in [7, 11) is -1.24. The van der Waals surface area contributed by atoms with Crippen LogP contribution in [-0.4, -0.2) is 87.8 Å². The lowest BCUT2D eigenvalue weighted by atomic mass is 10.0. The second-order valence-electron chi connectivity index (χ2n) is 14.6. The van der Waals surface area contributed by atoms with E-state index in [1.807, 2.05) is 112 Å². The molecule has 2 aromatic heterocycles. The lowest BCUT2D eigenvalue weighted by Crippen LogP contribution is -2.69. The average Bonchev–Trinajstić information content (AvgIpc) is 3.61. The van der Waals surface area contributed by atoms with Crippen LogP contribution in [0.2, 0.25) is 0 Å². The summed E-state index contributed by atoms with van der Waals surface area (Å²) in [5.74, 6) is -0.720. The zero-order valence-electron chi connectivity index (χ0n) is 34.1. The van der Waals surface area contributed by atoms with E-state index in [9.17, 15) is 19.2 Å². The first-order chi connectivity index (χ1) is 26.7. The molecule has 0 unspecified atom stereocenters. The van der Waals surface area contributed by atoms with Crippen molar-refractivity contribution in [2.24, 2.45) is 31.7 Å². The Kier molecular flexibility index (Phi) is 19.3. The van der Waals surface area contributed by atoms with Crippen LogP contribution in [-0.2, 0) is 66.0 Å². The largest absolute Gasteiger partial charge is 0.759 e. The van der Waals surface area contributed by atoms with Crippen molar-refractivity contribution in [1.29, 1.82) is 0 Å². The molecule has 16 nitrogen and oxygen atoms in total. The first-order valence-electron chi connectivity index (χ1n) is 18.9. The van der Waals surface area contributed by atoms with Gasteiger partial charge in [-0.2, -0.15) is 0 Å².